The maximum absolute atomic E-state index is 12.1. The van der Waals surface area contributed by atoms with Gasteiger partial charge in [0.2, 0.25) is 5.91 Å². The van der Waals surface area contributed by atoms with Crippen molar-refractivity contribution < 1.29 is 14.7 Å². The lowest BCUT2D eigenvalue weighted by molar-refractivity contribution is -0.157. The van der Waals surface area contributed by atoms with Crippen molar-refractivity contribution >= 4 is 11.9 Å². The Morgan fingerprint density at radius 3 is 2.62 bits per heavy atom. The van der Waals surface area contributed by atoms with E-state index in [-0.39, 0.29) is 11.8 Å². The number of likely N-dealkylation sites (tertiary alicyclic amines) is 1. The fourth-order valence-electron chi connectivity index (χ4n) is 2.75. The van der Waals surface area contributed by atoms with Gasteiger partial charge < -0.3 is 10.0 Å². The van der Waals surface area contributed by atoms with Crippen molar-refractivity contribution in [2.75, 3.05) is 6.54 Å². The third-order valence-electron chi connectivity index (χ3n) is 3.74. The van der Waals surface area contributed by atoms with Crippen LogP contribution in [0.3, 0.4) is 0 Å². The van der Waals surface area contributed by atoms with Gasteiger partial charge in [0.05, 0.1) is 0 Å². The van der Waals surface area contributed by atoms with Crippen LogP contribution in [0.25, 0.3) is 0 Å². The van der Waals surface area contributed by atoms with Crippen molar-refractivity contribution in [1.29, 1.82) is 0 Å². The number of hydrogen-bond donors (Lipinski definition) is 1. The molecule has 1 saturated heterocycles. The zero-order valence-electron chi connectivity index (χ0n) is 9.74. The van der Waals surface area contributed by atoms with Crippen LogP contribution >= 0.6 is 0 Å². The summed E-state index contributed by atoms with van der Waals surface area (Å²) in [6, 6.07) is 0. The minimum absolute atomic E-state index is 0.0772. The van der Waals surface area contributed by atoms with E-state index in [1.807, 2.05) is 6.92 Å². The van der Waals surface area contributed by atoms with E-state index in [2.05, 4.69) is 0 Å². The molecule has 1 atom stereocenters. The Morgan fingerprint density at radius 1 is 1.44 bits per heavy atom. The number of carbonyl (C=O) groups is 2. The fraction of sp³-hybridized carbons (Fsp3) is 0.833. The summed E-state index contributed by atoms with van der Waals surface area (Å²) in [7, 11) is 0. The fourth-order valence-corrected chi connectivity index (χ4v) is 2.75. The number of aliphatic carboxylic acids is 1. The molecule has 0 aromatic rings. The zero-order chi connectivity index (χ0) is 11.8. The van der Waals surface area contributed by atoms with Gasteiger partial charge in [0, 0.05) is 12.5 Å². The van der Waals surface area contributed by atoms with Gasteiger partial charge in [-0.1, -0.05) is 13.3 Å². The molecule has 1 heterocycles. The highest BCUT2D eigenvalue weighted by atomic mass is 16.4. The van der Waals surface area contributed by atoms with Gasteiger partial charge in [-0.15, -0.1) is 0 Å². The van der Waals surface area contributed by atoms with Crippen LogP contribution in [0.5, 0.6) is 0 Å². The Kier molecular flexibility index (Phi) is 2.91. The largest absolute Gasteiger partial charge is 0.479 e. The molecule has 1 aliphatic heterocycles. The molecule has 0 spiro atoms. The first-order valence-corrected chi connectivity index (χ1v) is 6.16. The number of carbonyl (C=O) groups excluding carboxylic acids is 1. The van der Waals surface area contributed by atoms with E-state index in [9.17, 15) is 14.7 Å². The third-order valence-corrected chi connectivity index (χ3v) is 3.74. The van der Waals surface area contributed by atoms with Gasteiger partial charge in [-0.3, -0.25) is 4.79 Å². The average molecular weight is 225 g/mol. The van der Waals surface area contributed by atoms with Crippen LogP contribution in [0.15, 0.2) is 0 Å². The number of amides is 1. The number of rotatable bonds is 4. The molecule has 1 N–H and O–H groups in total. The van der Waals surface area contributed by atoms with Crippen LogP contribution in [0, 0.1) is 5.92 Å². The van der Waals surface area contributed by atoms with Crippen LogP contribution in [-0.4, -0.2) is 34.0 Å². The summed E-state index contributed by atoms with van der Waals surface area (Å²) in [5.74, 6) is -0.622. The topological polar surface area (TPSA) is 57.6 Å². The molecule has 2 fully saturated rings. The minimum Gasteiger partial charge on any atom is -0.479 e. The Balaban J connectivity index is 2.20. The van der Waals surface area contributed by atoms with Gasteiger partial charge in [0.15, 0.2) is 0 Å². The molecular formula is C12H19NO3. The van der Waals surface area contributed by atoms with Gasteiger partial charge >= 0.3 is 5.97 Å². The summed E-state index contributed by atoms with van der Waals surface area (Å²) < 4.78 is 0. The Bertz CT molecular complexity index is 311. The summed E-state index contributed by atoms with van der Waals surface area (Å²) in [5, 5.41) is 9.42. The lowest BCUT2D eigenvalue weighted by Gasteiger charge is -2.34. The first-order chi connectivity index (χ1) is 7.62. The van der Waals surface area contributed by atoms with Gasteiger partial charge in [-0.25, -0.2) is 4.79 Å². The number of carboxylic acids is 1. The predicted molar refractivity (Wildman–Crippen MR) is 58.9 cm³/mol. The standard InChI is InChI=1S/C12H19NO3/c1-2-6-12(11(15)16)7-3-8-13(12)10(14)9-4-5-9/h9H,2-8H2,1H3,(H,15,16). The molecule has 2 aliphatic rings. The van der Waals surface area contributed by atoms with Crippen LogP contribution in [0.2, 0.25) is 0 Å². The predicted octanol–water partition coefficient (Wildman–Crippen LogP) is 1.64. The molecule has 1 saturated carbocycles. The van der Waals surface area contributed by atoms with Crippen LogP contribution in [0.1, 0.15) is 45.4 Å². The smallest absolute Gasteiger partial charge is 0.329 e. The maximum Gasteiger partial charge on any atom is 0.329 e. The summed E-state index contributed by atoms with van der Waals surface area (Å²) in [6.07, 6.45) is 4.72. The second kappa shape index (κ2) is 4.07. The van der Waals surface area contributed by atoms with Crippen molar-refractivity contribution in [3.05, 3.63) is 0 Å². The minimum atomic E-state index is -0.894. The SMILES string of the molecule is CCCC1(C(=O)O)CCCN1C(=O)C1CC1. The number of nitrogens with zero attached hydrogens (tertiary/aromatic N) is 1. The van der Waals surface area contributed by atoms with E-state index in [1.165, 1.54) is 0 Å². The van der Waals surface area contributed by atoms with Crippen LogP contribution in [0.4, 0.5) is 0 Å². The van der Waals surface area contributed by atoms with Gasteiger partial charge in [-0.05, 0) is 32.1 Å². The third kappa shape index (κ3) is 1.70. The Morgan fingerprint density at radius 2 is 2.12 bits per heavy atom. The maximum atomic E-state index is 12.1. The van der Waals surface area contributed by atoms with E-state index < -0.39 is 11.5 Å². The lowest BCUT2D eigenvalue weighted by Crippen LogP contribution is -2.53. The van der Waals surface area contributed by atoms with E-state index in [0.717, 1.165) is 25.7 Å². The molecule has 0 aromatic heterocycles. The van der Waals surface area contributed by atoms with E-state index in [4.69, 9.17) is 0 Å². The highest BCUT2D eigenvalue weighted by Gasteiger charge is 2.51. The molecule has 1 unspecified atom stereocenters. The molecule has 4 nitrogen and oxygen atoms in total. The Labute approximate surface area is 95.6 Å². The number of carboxylic acid groups (broad SMARTS) is 1. The van der Waals surface area contributed by atoms with E-state index in [0.29, 0.717) is 19.4 Å². The van der Waals surface area contributed by atoms with Gasteiger partial charge in [0.1, 0.15) is 5.54 Å². The molecule has 16 heavy (non-hydrogen) atoms. The summed E-state index contributed by atoms with van der Waals surface area (Å²) in [6.45, 7) is 2.60. The molecule has 2 rings (SSSR count). The first-order valence-electron chi connectivity index (χ1n) is 6.16. The summed E-state index contributed by atoms with van der Waals surface area (Å²) >= 11 is 0. The van der Waals surface area contributed by atoms with Crippen molar-refractivity contribution in [3.63, 3.8) is 0 Å². The van der Waals surface area contributed by atoms with Crippen LogP contribution in [-0.2, 0) is 9.59 Å². The van der Waals surface area contributed by atoms with Gasteiger partial charge in [0.25, 0.3) is 0 Å². The molecule has 0 radical (unpaired) electrons. The lowest BCUT2D eigenvalue weighted by atomic mass is 9.90. The molecule has 4 heteroatoms. The monoisotopic (exact) mass is 225 g/mol. The van der Waals surface area contributed by atoms with Crippen molar-refractivity contribution in [2.24, 2.45) is 5.92 Å². The second-order valence-corrected chi connectivity index (χ2v) is 4.95. The van der Waals surface area contributed by atoms with Crippen LogP contribution < -0.4 is 0 Å². The average Bonchev–Trinajstić information content (AvgIpc) is 2.99. The zero-order valence-corrected chi connectivity index (χ0v) is 9.74. The quantitative estimate of drug-likeness (QED) is 0.791. The van der Waals surface area contributed by atoms with E-state index in [1.54, 1.807) is 4.90 Å². The van der Waals surface area contributed by atoms with Crippen molar-refractivity contribution in [1.82, 2.24) is 4.90 Å². The molecule has 1 aliphatic carbocycles. The highest BCUT2D eigenvalue weighted by Crippen LogP contribution is 2.39. The van der Waals surface area contributed by atoms with E-state index >= 15 is 0 Å². The Hall–Kier alpha value is -1.06. The highest BCUT2D eigenvalue weighted by molar-refractivity contribution is 5.89. The van der Waals surface area contributed by atoms with Crippen molar-refractivity contribution in [3.8, 4) is 0 Å². The molecule has 0 aromatic carbocycles. The first kappa shape index (κ1) is 11.4. The normalized spacial score (nSPS) is 29.4. The molecule has 1 amide bonds. The van der Waals surface area contributed by atoms with Crippen molar-refractivity contribution in [2.45, 2.75) is 51.0 Å². The van der Waals surface area contributed by atoms with Gasteiger partial charge in [-0.2, -0.15) is 0 Å². The number of hydrogen-bond acceptors (Lipinski definition) is 2. The summed E-state index contributed by atoms with van der Waals surface area (Å²) in [4.78, 5) is 25.2. The summed E-state index contributed by atoms with van der Waals surface area (Å²) in [5.41, 5.74) is -0.894. The second-order valence-electron chi connectivity index (χ2n) is 4.95. The molecule has 0 bridgehead atoms. The molecular weight excluding hydrogens is 206 g/mol. The molecule has 90 valence electrons.